The third-order valence-electron chi connectivity index (χ3n) is 11.3. The normalized spacial score (nSPS) is 11.9. The fraction of sp³-hybridized carbons (Fsp3) is 0. The van der Waals surface area contributed by atoms with Gasteiger partial charge in [-0.25, -0.2) is 0 Å². The zero-order valence-corrected chi connectivity index (χ0v) is 30.0. The van der Waals surface area contributed by atoms with Crippen LogP contribution in [0.5, 0.6) is 0 Å². The van der Waals surface area contributed by atoms with Crippen molar-refractivity contribution in [2.45, 2.75) is 0 Å². The molecule has 0 aliphatic carbocycles. The maximum absolute atomic E-state index is 9.50. The maximum atomic E-state index is 9.50. The van der Waals surface area contributed by atoms with Crippen LogP contribution in [0.1, 0.15) is 11.1 Å². The molecule has 0 saturated carbocycles. The van der Waals surface area contributed by atoms with Gasteiger partial charge in [0.15, 0.2) is 0 Å². The van der Waals surface area contributed by atoms with Gasteiger partial charge >= 0.3 is 0 Å². The summed E-state index contributed by atoms with van der Waals surface area (Å²) in [6, 6.07) is 53.4. The van der Waals surface area contributed by atoms with Crippen LogP contribution in [0.4, 0.5) is 22.7 Å². The molecule has 7 heteroatoms. The van der Waals surface area contributed by atoms with E-state index in [0.29, 0.717) is 16.8 Å². The molecule has 12 aromatic rings. The van der Waals surface area contributed by atoms with Crippen LogP contribution in [-0.2, 0) is 0 Å². The Morgan fingerprint density at radius 2 is 0.719 bits per heavy atom. The number of nitrogen functional groups attached to an aromatic ring is 1. The summed E-state index contributed by atoms with van der Waals surface area (Å²) in [4.78, 5) is 2.26. The van der Waals surface area contributed by atoms with E-state index in [1.165, 1.54) is 0 Å². The van der Waals surface area contributed by atoms with E-state index in [2.05, 4.69) is 77.7 Å². The fourth-order valence-electron chi connectivity index (χ4n) is 8.55. The highest BCUT2D eigenvalue weighted by Gasteiger charge is 2.20. The summed E-state index contributed by atoms with van der Waals surface area (Å²) in [5.74, 6) is 0. The average molecular weight is 731 g/mol. The summed E-state index contributed by atoms with van der Waals surface area (Å²) in [5, 5.41) is 31.1. The number of furan rings is 3. The Morgan fingerprint density at radius 3 is 1.12 bits per heavy atom. The Morgan fingerprint density at radius 1 is 0.351 bits per heavy atom. The first-order valence-electron chi connectivity index (χ1n) is 18.5. The van der Waals surface area contributed by atoms with Gasteiger partial charge in [0.25, 0.3) is 0 Å². The number of nitrogens with zero attached hydrogens (tertiary/aromatic N) is 3. The second kappa shape index (κ2) is 11.4. The molecule has 0 saturated heterocycles. The van der Waals surface area contributed by atoms with E-state index in [1.807, 2.05) is 84.9 Å². The molecule has 0 spiro atoms. The smallest absolute Gasteiger partial charge is 0.136 e. The number of fused-ring (bicyclic) bond motifs is 12. The van der Waals surface area contributed by atoms with Crippen molar-refractivity contribution in [3.05, 3.63) is 157 Å². The summed E-state index contributed by atoms with van der Waals surface area (Å²) in [5.41, 5.74) is 15.6. The highest BCUT2D eigenvalue weighted by atomic mass is 16.3. The van der Waals surface area contributed by atoms with Crippen LogP contribution in [0, 0.1) is 22.7 Å². The van der Waals surface area contributed by atoms with Gasteiger partial charge in [0.05, 0.1) is 23.3 Å². The van der Waals surface area contributed by atoms with Crippen LogP contribution in [0.25, 0.3) is 98.1 Å². The lowest BCUT2D eigenvalue weighted by molar-refractivity contribution is 0.669. The molecule has 2 N–H and O–H groups in total. The number of benzene rings is 9. The van der Waals surface area contributed by atoms with Crippen LogP contribution < -0.4 is 10.6 Å². The van der Waals surface area contributed by atoms with E-state index >= 15 is 0 Å². The summed E-state index contributed by atoms with van der Waals surface area (Å²) in [7, 11) is 0. The summed E-state index contributed by atoms with van der Waals surface area (Å²) >= 11 is 0. The molecule has 3 aromatic heterocycles. The van der Waals surface area contributed by atoms with Crippen LogP contribution in [0.2, 0.25) is 0 Å². The van der Waals surface area contributed by atoms with Gasteiger partial charge in [-0.15, -0.1) is 0 Å². The molecule has 9 aromatic carbocycles. The van der Waals surface area contributed by atoms with E-state index in [1.54, 1.807) is 0 Å². The predicted molar refractivity (Wildman–Crippen MR) is 229 cm³/mol. The second-order valence-electron chi connectivity index (χ2n) is 14.7. The third kappa shape index (κ3) is 4.70. The van der Waals surface area contributed by atoms with Crippen molar-refractivity contribution in [1.82, 2.24) is 0 Å². The van der Waals surface area contributed by atoms with E-state index < -0.39 is 0 Å². The number of hydrogen-bond acceptors (Lipinski definition) is 7. The second-order valence-corrected chi connectivity index (χ2v) is 14.7. The van der Waals surface area contributed by atoms with Crippen molar-refractivity contribution >= 4 is 121 Å². The topological polar surface area (TPSA) is 116 Å². The molecular formula is C50H26N4O3. The molecule has 264 valence electrons. The fourth-order valence-corrected chi connectivity index (χ4v) is 8.55. The van der Waals surface area contributed by atoms with Crippen molar-refractivity contribution in [3.63, 3.8) is 0 Å². The maximum Gasteiger partial charge on any atom is 0.136 e. The molecule has 7 nitrogen and oxygen atoms in total. The SMILES string of the molecule is N#Cc1ccc2cc3c(cc2c1)oc1ccc(N(c2ccc4oc5cc6cc(N)ccc6cc5c4c2)c2ccc4oc5cc6cc(C#N)ccc6cc5c4c2)cc13. The van der Waals surface area contributed by atoms with E-state index in [9.17, 15) is 10.5 Å². The molecule has 3 heterocycles. The Bertz CT molecular complexity index is 3650. The third-order valence-corrected chi connectivity index (χ3v) is 11.3. The lowest BCUT2D eigenvalue weighted by Gasteiger charge is -2.25. The first-order chi connectivity index (χ1) is 28.0. The number of nitrogens with two attached hydrogens (primary N) is 1. The van der Waals surface area contributed by atoms with Crippen LogP contribution in [-0.4, -0.2) is 0 Å². The Hall–Kier alpha value is -8.26. The van der Waals surface area contributed by atoms with Gasteiger partial charge in [-0.2, -0.15) is 10.5 Å². The molecule has 0 bridgehead atoms. The van der Waals surface area contributed by atoms with Gasteiger partial charge in [-0.05, 0) is 160 Å². The van der Waals surface area contributed by atoms with Gasteiger partial charge in [-0.1, -0.05) is 18.2 Å². The largest absolute Gasteiger partial charge is 0.456 e. The summed E-state index contributed by atoms with van der Waals surface area (Å²) in [6.07, 6.45) is 0. The van der Waals surface area contributed by atoms with Crippen molar-refractivity contribution < 1.29 is 13.3 Å². The monoisotopic (exact) mass is 730 g/mol. The molecule has 12 rings (SSSR count). The molecule has 0 aliphatic heterocycles. The molecular weight excluding hydrogens is 705 g/mol. The minimum absolute atomic E-state index is 0.611. The lowest BCUT2D eigenvalue weighted by atomic mass is 10.0. The van der Waals surface area contributed by atoms with Gasteiger partial charge < -0.3 is 23.9 Å². The van der Waals surface area contributed by atoms with Crippen LogP contribution in [0.3, 0.4) is 0 Å². The predicted octanol–water partition coefficient (Wildman–Crippen LogP) is 13.6. The standard InChI is InChI=1S/C50H26N4O3/c51-25-27-1-3-29-16-39-42-22-36(7-10-45(42)55-48(39)19-32(29)13-27)54(38-9-12-47-44(24-38)41-18-31-5-6-35(53)15-34(31)21-50(41)57-47)37-8-11-46-43(23-37)40-17-30-4-2-28(26-52)14-33(30)20-49(40)56-46/h1-24H,53H2. The van der Waals surface area contributed by atoms with E-state index in [0.717, 1.165) is 115 Å². The number of nitriles is 2. The van der Waals surface area contributed by atoms with Gasteiger partial charge in [0.2, 0.25) is 0 Å². The van der Waals surface area contributed by atoms with Gasteiger partial charge in [0, 0.05) is 55.1 Å². The zero-order valence-electron chi connectivity index (χ0n) is 30.0. The minimum Gasteiger partial charge on any atom is -0.456 e. The first-order valence-corrected chi connectivity index (χ1v) is 18.5. The molecule has 0 unspecified atom stereocenters. The van der Waals surface area contributed by atoms with Crippen LogP contribution in [0.15, 0.2) is 159 Å². The molecule has 0 radical (unpaired) electrons. The van der Waals surface area contributed by atoms with Crippen molar-refractivity contribution in [2.75, 3.05) is 10.6 Å². The quantitative estimate of drug-likeness (QED) is 0.180. The van der Waals surface area contributed by atoms with Crippen molar-refractivity contribution in [1.29, 1.82) is 10.5 Å². The highest BCUT2D eigenvalue weighted by Crippen LogP contribution is 2.44. The molecule has 57 heavy (non-hydrogen) atoms. The van der Waals surface area contributed by atoms with Crippen molar-refractivity contribution in [3.8, 4) is 12.1 Å². The molecule has 0 fully saturated rings. The first kappa shape index (κ1) is 31.1. The Labute approximate surface area is 323 Å². The number of rotatable bonds is 3. The van der Waals surface area contributed by atoms with Gasteiger partial charge in [-0.3, -0.25) is 0 Å². The number of anilines is 4. The van der Waals surface area contributed by atoms with E-state index in [4.69, 9.17) is 19.0 Å². The Balaban J connectivity index is 1.09. The summed E-state index contributed by atoms with van der Waals surface area (Å²) in [6.45, 7) is 0. The molecule has 0 aliphatic rings. The Kier molecular flexibility index (Phi) is 6.21. The van der Waals surface area contributed by atoms with E-state index in [-0.39, 0.29) is 0 Å². The summed E-state index contributed by atoms with van der Waals surface area (Å²) < 4.78 is 19.2. The zero-order chi connectivity index (χ0) is 37.9. The van der Waals surface area contributed by atoms with Crippen molar-refractivity contribution in [2.24, 2.45) is 0 Å². The lowest BCUT2D eigenvalue weighted by Crippen LogP contribution is -2.09. The molecule has 0 atom stereocenters. The average Bonchev–Trinajstić information content (AvgIpc) is 3.90. The number of hydrogen-bond donors (Lipinski definition) is 1. The molecule has 0 amide bonds. The van der Waals surface area contributed by atoms with Gasteiger partial charge in [0.1, 0.15) is 33.5 Å². The van der Waals surface area contributed by atoms with Crippen LogP contribution >= 0.6 is 0 Å². The minimum atomic E-state index is 0.611. The highest BCUT2D eigenvalue weighted by molar-refractivity contribution is 6.15.